The molecule has 1 aromatic carbocycles. The number of phenolic OH excluding ortho intramolecular Hbond substituents is 1. The van der Waals surface area contributed by atoms with Gasteiger partial charge in [-0.05, 0) is 48.5 Å². The molecule has 0 atom stereocenters. The van der Waals surface area contributed by atoms with Gasteiger partial charge in [0.15, 0.2) is 0 Å². The smallest absolute Gasteiger partial charge is 0.115 e. The van der Waals surface area contributed by atoms with Gasteiger partial charge < -0.3 is 5.11 Å². The van der Waals surface area contributed by atoms with Crippen LogP contribution in [0.15, 0.2) is 24.3 Å². The van der Waals surface area contributed by atoms with Gasteiger partial charge in [0.1, 0.15) is 5.75 Å². The van der Waals surface area contributed by atoms with E-state index in [1.807, 2.05) is 12.1 Å². The summed E-state index contributed by atoms with van der Waals surface area (Å²) in [7, 11) is 0. The minimum Gasteiger partial charge on any atom is -0.508 e. The van der Waals surface area contributed by atoms with Gasteiger partial charge in [0.25, 0.3) is 0 Å². The van der Waals surface area contributed by atoms with E-state index in [1.54, 1.807) is 12.1 Å². The van der Waals surface area contributed by atoms with E-state index in [9.17, 15) is 0 Å². The predicted octanol–water partition coefficient (Wildman–Crippen LogP) is 3.86. The highest BCUT2D eigenvalue weighted by Crippen LogP contribution is 2.13. The van der Waals surface area contributed by atoms with E-state index in [2.05, 4.69) is 18.7 Å². The molecule has 0 saturated carbocycles. The van der Waals surface area contributed by atoms with Crippen LogP contribution in [0, 0.1) is 0 Å². The minimum atomic E-state index is 0.357. The van der Waals surface area contributed by atoms with E-state index in [-0.39, 0.29) is 0 Å². The van der Waals surface area contributed by atoms with Crippen molar-refractivity contribution in [3.63, 3.8) is 0 Å². The van der Waals surface area contributed by atoms with Gasteiger partial charge in [-0.2, -0.15) is 11.8 Å². The average molecular weight is 224 g/mol. The molecule has 1 N–H and O–H groups in total. The average Bonchev–Trinajstić information content (AvgIpc) is 2.26. The van der Waals surface area contributed by atoms with Crippen molar-refractivity contribution in [3.05, 3.63) is 29.8 Å². The number of unbranched alkanes of at least 4 members (excludes halogenated alkanes) is 1. The Kier molecular flexibility index (Phi) is 6.33. The van der Waals surface area contributed by atoms with Crippen molar-refractivity contribution in [2.45, 2.75) is 32.6 Å². The normalized spacial score (nSPS) is 10.5. The lowest BCUT2D eigenvalue weighted by atomic mass is 10.1. The fourth-order valence-electron chi connectivity index (χ4n) is 1.39. The van der Waals surface area contributed by atoms with Crippen molar-refractivity contribution in [1.29, 1.82) is 0 Å². The van der Waals surface area contributed by atoms with Crippen LogP contribution in [0.1, 0.15) is 31.7 Å². The fourth-order valence-corrected chi connectivity index (χ4v) is 2.43. The number of aromatic hydroxyl groups is 1. The number of rotatable bonds is 7. The summed E-state index contributed by atoms with van der Waals surface area (Å²) in [5.74, 6) is 2.91. The van der Waals surface area contributed by atoms with Gasteiger partial charge in [0.2, 0.25) is 0 Å². The zero-order chi connectivity index (χ0) is 10.9. The maximum absolute atomic E-state index is 9.12. The Bertz CT molecular complexity index is 256. The van der Waals surface area contributed by atoms with Crippen LogP contribution in [0.4, 0.5) is 0 Å². The molecular formula is C13H20OS. The second-order valence-corrected chi connectivity index (χ2v) is 4.96. The van der Waals surface area contributed by atoms with E-state index in [4.69, 9.17) is 5.11 Å². The van der Waals surface area contributed by atoms with Crippen LogP contribution in [-0.2, 0) is 6.42 Å². The summed E-state index contributed by atoms with van der Waals surface area (Å²) in [4.78, 5) is 0. The van der Waals surface area contributed by atoms with Crippen LogP contribution in [0.3, 0.4) is 0 Å². The first-order chi connectivity index (χ1) is 7.33. The zero-order valence-corrected chi connectivity index (χ0v) is 10.2. The van der Waals surface area contributed by atoms with E-state index in [0.717, 1.165) is 6.42 Å². The number of aryl methyl sites for hydroxylation is 1. The Balaban J connectivity index is 2.07. The predicted molar refractivity (Wildman–Crippen MR) is 68.7 cm³/mol. The summed E-state index contributed by atoms with van der Waals surface area (Å²) >= 11 is 2.05. The van der Waals surface area contributed by atoms with Gasteiger partial charge >= 0.3 is 0 Å². The molecule has 0 spiro atoms. The van der Waals surface area contributed by atoms with E-state index in [0.29, 0.717) is 5.75 Å². The van der Waals surface area contributed by atoms with Gasteiger partial charge in [-0.1, -0.05) is 25.5 Å². The molecule has 1 aromatic rings. The van der Waals surface area contributed by atoms with Crippen LogP contribution >= 0.6 is 11.8 Å². The summed E-state index contributed by atoms with van der Waals surface area (Å²) in [5.41, 5.74) is 1.32. The van der Waals surface area contributed by atoms with Gasteiger partial charge in [-0.25, -0.2) is 0 Å². The van der Waals surface area contributed by atoms with Gasteiger partial charge in [0.05, 0.1) is 0 Å². The van der Waals surface area contributed by atoms with Crippen molar-refractivity contribution in [2.75, 3.05) is 11.5 Å². The first-order valence-corrected chi connectivity index (χ1v) is 6.84. The molecule has 0 heterocycles. The Morgan fingerprint density at radius 3 is 2.40 bits per heavy atom. The quantitative estimate of drug-likeness (QED) is 0.710. The Hall–Kier alpha value is -0.630. The molecular weight excluding hydrogens is 204 g/mol. The number of thioether (sulfide) groups is 1. The standard InChI is InChI=1S/C13H20OS/c1-2-3-10-15-11-4-5-12-6-8-13(14)9-7-12/h6-9,14H,2-5,10-11H2,1H3. The minimum absolute atomic E-state index is 0.357. The van der Waals surface area contributed by atoms with Crippen molar-refractivity contribution >= 4 is 11.8 Å². The third-order valence-electron chi connectivity index (χ3n) is 2.33. The molecule has 0 aromatic heterocycles. The Morgan fingerprint density at radius 2 is 1.73 bits per heavy atom. The molecule has 0 aliphatic carbocycles. The summed E-state index contributed by atoms with van der Waals surface area (Å²) in [6, 6.07) is 7.54. The highest BCUT2D eigenvalue weighted by Gasteiger charge is 1.94. The SMILES string of the molecule is CCCCSCCCc1ccc(O)cc1. The summed E-state index contributed by atoms with van der Waals surface area (Å²) in [6.45, 7) is 2.23. The van der Waals surface area contributed by atoms with E-state index < -0.39 is 0 Å². The number of hydrogen-bond donors (Lipinski definition) is 1. The van der Waals surface area contributed by atoms with E-state index in [1.165, 1.54) is 36.3 Å². The topological polar surface area (TPSA) is 20.2 Å². The molecule has 0 unspecified atom stereocenters. The molecule has 0 aliphatic heterocycles. The lowest BCUT2D eigenvalue weighted by Gasteiger charge is -2.02. The molecule has 0 amide bonds. The fraction of sp³-hybridized carbons (Fsp3) is 0.538. The maximum atomic E-state index is 9.12. The van der Waals surface area contributed by atoms with Crippen molar-refractivity contribution in [3.8, 4) is 5.75 Å². The molecule has 0 fully saturated rings. The highest BCUT2D eigenvalue weighted by atomic mass is 32.2. The molecule has 0 bridgehead atoms. The molecule has 1 nitrogen and oxygen atoms in total. The van der Waals surface area contributed by atoms with Crippen LogP contribution in [0.25, 0.3) is 0 Å². The molecule has 84 valence electrons. The van der Waals surface area contributed by atoms with Crippen LogP contribution in [0.2, 0.25) is 0 Å². The molecule has 2 heteroatoms. The molecule has 0 aliphatic rings. The summed E-state index contributed by atoms with van der Waals surface area (Å²) < 4.78 is 0. The lowest BCUT2D eigenvalue weighted by Crippen LogP contribution is -1.88. The largest absolute Gasteiger partial charge is 0.508 e. The lowest BCUT2D eigenvalue weighted by molar-refractivity contribution is 0.475. The number of benzene rings is 1. The van der Waals surface area contributed by atoms with Crippen molar-refractivity contribution < 1.29 is 5.11 Å². The first-order valence-electron chi connectivity index (χ1n) is 5.68. The van der Waals surface area contributed by atoms with Gasteiger partial charge in [-0.3, -0.25) is 0 Å². The molecule has 15 heavy (non-hydrogen) atoms. The van der Waals surface area contributed by atoms with Crippen LogP contribution in [-0.4, -0.2) is 16.6 Å². The van der Waals surface area contributed by atoms with Crippen LogP contribution < -0.4 is 0 Å². The maximum Gasteiger partial charge on any atom is 0.115 e. The molecule has 0 radical (unpaired) electrons. The third-order valence-corrected chi connectivity index (χ3v) is 3.49. The van der Waals surface area contributed by atoms with Crippen molar-refractivity contribution in [1.82, 2.24) is 0 Å². The summed E-state index contributed by atoms with van der Waals surface area (Å²) in [6.07, 6.45) is 4.99. The second kappa shape index (κ2) is 7.63. The highest BCUT2D eigenvalue weighted by molar-refractivity contribution is 7.99. The second-order valence-electron chi connectivity index (χ2n) is 3.74. The van der Waals surface area contributed by atoms with E-state index >= 15 is 0 Å². The third kappa shape index (κ3) is 5.73. The van der Waals surface area contributed by atoms with Crippen LogP contribution in [0.5, 0.6) is 5.75 Å². The Labute approximate surface area is 96.9 Å². The molecule has 1 rings (SSSR count). The number of phenols is 1. The zero-order valence-electron chi connectivity index (χ0n) is 9.41. The summed E-state index contributed by atoms with van der Waals surface area (Å²) in [5, 5.41) is 9.12. The first kappa shape index (κ1) is 12.4. The van der Waals surface area contributed by atoms with Gasteiger partial charge in [-0.15, -0.1) is 0 Å². The monoisotopic (exact) mass is 224 g/mol. The number of hydrogen-bond acceptors (Lipinski definition) is 2. The Morgan fingerprint density at radius 1 is 1.07 bits per heavy atom. The molecule has 0 saturated heterocycles. The van der Waals surface area contributed by atoms with Gasteiger partial charge in [0, 0.05) is 0 Å². The van der Waals surface area contributed by atoms with Crippen molar-refractivity contribution in [2.24, 2.45) is 0 Å².